The normalized spacial score (nSPS) is 19.9. The Kier molecular flexibility index (Phi) is 7.16. The average molecular weight is 531 g/mol. The van der Waals surface area contributed by atoms with Crippen molar-refractivity contribution in [3.8, 4) is 17.0 Å². The van der Waals surface area contributed by atoms with Crippen LogP contribution in [0.4, 0.5) is 17.6 Å². The van der Waals surface area contributed by atoms with E-state index in [4.69, 9.17) is 29.2 Å². The van der Waals surface area contributed by atoms with Gasteiger partial charge in [0.1, 0.15) is 17.4 Å². The molecule has 1 aromatic carbocycles. The fourth-order valence-electron chi connectivity index (χ4n) is 5.26. The number of fused-ring (bicyclic) bond motifs is 1. The van der Waals surface area contributed by atoms with E-state index >= 15 is 0 Å². The Bertz CT molecular complexity index is 1410. The first-order chi connectivity index (χ1) is 19.1. The first-order valence-electron chi connectivity index (χ1n) is 13.4. The molecule has 0 aliphatic carbocycles. The molecule has 3 aromatic heterocycles. The van der Waals surface area contributed by atoms with Gasteiger partial charge in [-0.15, -0.1) is 0 Å². The molecule has 0 amide bonds. The summed E-state index contributed by atoms with van der Waals surface area (Å²) in [5.41, 5.74) is 3.52. The van der Waals surface area contributed by atoms with E-state index in [-0.39, 0.29) is 12.2 Å². The zero-order chi connectivity index (χ0) is 26.8. The SMILES string of the molecule is COc1ccc(-c2ccc3c(N4CCOCC4)nc(N4C[C@@H](C)O[C@@H](C)C4)nc3n2)cc1CNc1ccn[nH]1. The van der Waals surface area contributed by atoms with Crippen LogP contribution < -0.4 is 19.9 Å². The van der Waals surface area contributed by atoms with Crippen LogP contribution in [0.5, 0.6) is 5.75 Å². The van der Waals surface area contributed by atoms with Crippen LogP contribution in [0.3, 0.4) is 0 Å². The molecule has 0 spiro atoms. The highest BCUT2D eigenvalue weighted by Crippen LogP contribution is 2.31. The third kappa shape index (κ3) is 5.45. The van der Waals surface area contributed by atoms with E-state index in [1.807, 2.05) is 24.3 Å². The number of morpholine rings is 2. The van der Waals surface area contributed by atoms with E-state index in [2.05, 4.69) is 51.3 Å². The molecule has 0 bridgehead atoms. The Balaban J connectivity index is 1.39. The molecule has 4 aromatic rings. The third-order valence-electron chi connectivity index (χ3n) is 7.09. The van der Waals surface area contributed by atoms with Gasteiger partial charge in [-0.05, 0) is 50.2 Å². The predicted octanol–water partition coefficient (Wildman–Crippen LogP) is 3.49. The molecule has 2 aliphatic heterocycles. The number of benzene rings is 1. The van der Waals surface area contributed by atoms with Gasteiger partial charge in [-0.3, -0.25) is 5.10 Å². The molecular formula is C28H34N8O3. The number of nitrogens with zero attached hydrogens (tertiary/aromatic N) is 6. The summed E-state index contributed by atoms with van der Waals surface area (Å²) in [6, 6.07) is 12.1. The van der Waals surface area contributed by atoms with Crippen molar-refractivity contribution in [2.45, 2.75) is 32.6 Å². The first-order valence-corrected chi connectivity index (χ1v) is 13.4. The zero-order valence-corrected chi connectivity index (χ0v) is 22.6. The van der Waals surface area contributed by atoms with Gasteiger partial charge in [0.05, 0.1) is 49.8 Å². The Morgan fingerprint density at radius 1 is 1.00 bits per heavy atom. The summed E-state index contributed by atoms with van der Waals surface area (Å²) >= 11 is 0. The van der Waals surface area contributed by atoms with E-state index in [1.54, 1.807) is 13.3 Å². The van der Waals surface area contributed by atoms with Crippen LogP contribution in [-0.2, 0) is 16.0 Å². The third-order valence-corrected chi connectivity index (χ3v) is 7.09. The zero-order valence-electron chi connectivity index (χ0n) is 22.6. The molecular weight excluding hydrogens is 496 g/mol. The van der Waals surface area contributed by atoms with Crippen LogP contribution in [-0.4, -0.2) is 83.9 Å². The van der Waals surface area contributed by atoms with Crippen LogP contribution in [0.25, 0.3) is 22.3 Å². The highest BCUT2D eigenvalue weighted by Gasteiger charge is 2.26. The van der Waals surface area contributed by atoms with Crippen LogP contribution in [0.2, 0.25) is 0 Å². The Morgan fingerprint density at radius 3 is 2.56 bits per heavy atom. The monoisotopic (exact) mass is 530 g/mol. The molecule has 0 unspecified atom stereocenters. The Labute approximate surface area is 227 Å². The number of ether oxygens (including phenoxy) is 3. The second-order valence-corrected chi connectivity index (χ2v) is 10.0. The lowest BCUT2D eigenvalue weighted by Crippen LogP contribution is -2.46. The van der Waals surface area contributed by atoms with Crippen LogP contribution in [0.1, 0.15) is 19.4 Å². The maximum atomic E-state index is 5.96. The topological polar surface area (TPSA) is 114 Å². The molecule has 2 saturated heterocycles. The smallest absolute Gasteiger partial charge is 0.229 e. The molecule has 204 valence electrons. The van der Waals surface area contributed by atoms with Crippen molar-refractivity contribution in [2.24, 2.45) is 0 Å². The van der Waals surface area contributed by atoms with E-state index < -0.39 is 0 Å². The van der Waals surface area contributed by atoms with Gasteiger partial charge in [-0.2, -0.15) is 15.1 Å². The lowest BCUT2D eigenvalue weighted by atomic mass is 10.1. The average Bonchev–Trinajstić information content (AvgIpc) is 3.49. The van der Waals surface area contributed by atoms with Crippen molar-refractivity contribution in [3.05, 3.63) is 48.2 Å². The number of nitrogens with one attached hydrogen (secondary N) is 2. The summed E-state index contributed by atoms with van der Waals surface area (Å²) < 4.78 is 17.2. The van der Waals surface area contributed by atoms with E-state index in [0.717, 1.165) is 65.8 Å². The minimum absolute atomic E-state index is 0.104. The van der Waals surface area contributed by atoms with E-state index in [0.29, 0.717) is 31.4 Å². The van der Waals surface area contributed by atoms with Gasteiger partial charge in [-0.1, -0.05) is 0 Å². The molecule has 2 N–H and O–H groups in total. The molecule has 2 aliphatic rings. The van der Waals surface area contributed by atoms with E-state index in [1.165, 1.54) is 0 Å². The fourth-order valence-corrected chi connectivity index (χ4v) is 5.26. The lowest BCUT2D eigenvalue weighted by molar-refractivity contribution is -0.00570. The molecule has 39 heavy (non-hydrogen) atoms. The number of pyridine rings is 1. The van der Waals surface area contributed by atoms with Gasteiger partial charge in [0.2, 0.25) is 5.95 Å². The summed E-state index contributed by atoms with van der Waals surface area (Å²) in [7, 11) is 1.68. The largest absolute Gasteiger partial charge is 0.496 e. The minimum atomic E-state index is 0.104. The Morgan fingerprint density at radius 2 is 1.82 bits per heavy atom. The van der Waals surface area contributed by atoms with E-state index in [9.17, 15) is 0 Å². The van der Waals surface area contributed by atoms with Gasteiger partial charge in [0, 0.05) is 43.9 Å². The summed E-state index contributed by atoms with van der Waals surface area (Å²) in [6.45, 7) is 9.16. The van der Waals surface area contributed by atoms with Crippen molar-refractivity contribution in [1.29, 1.82) is 0 Å². The summed E-state index contributed by atoms with van der Waals surface area (Å²) in [5.74, 6) is 3.25. The standard InChI is InChI=1S/C28H34N8O3/c1-18-16-36(17-19(2)39-18)28-32-26-22(27(33-28)35-10-12-38-13-11-35)5-6-23(31-26)20-4-7-24(37-3)21(14-20)15-29-25-8-9-30-34-25/h4-9,14,18-19H,10-13,15-17H2,1-3H3,(H2,29,30,34)/t18-,19+. The van der Waals surface area contributed by atoms with Crippen molar-refractivity contribution in [2.75, 3.05) is 61.6 Å². The summed E-state index contributed by atoms with van der Waals surface area (Å²) in [4.78, 5) is 19.6. The molecule has 11 nitrogen and oxygen atoms in total. The van der Waals surface area contributed by atoms with Gasteiger partial charge < -0.3 is 29.3 Å². The van der Waals surface area contributed by atoms with Crippen molar-refractivity contribution >= 4 is 28.6 Å². The predicted molar refractivity (Wildman–Crippen MR) is 150 cm³/mol. The fraction of sp³-hybridized carbons (Fsp3) is 0.429. The highest BCUT2D eigenvalue weighted by atomic mass is 16.5. The molecule has 11 heteroatoms. The van der Waals surface area contributed by atoms with Crippen molar-refractivity contribution in [1.82, 2.24) is 25.1 Å². The quantitative estimate of drug-likeness (QED) is 0.368. The van der Waals surface area contributed by atoms with Gasteiger partial charge in [0.15, 0.2) is 5.65 Å². The lowest BCUT2D eigenvalue weighted by Gasteiger charge is -2.36. The molecule has 6 rings (SSSR count). The number of hydrogen-bond donors (Lipinski definition) is 2. The molecule has 0 radical (unpaired) electrons. The minimum Gasteiger partial charge on any atom is -0.496 e. The second kappa shape index (κ2) is 11.0. The number of H-pyrrole nitrogens is 1. The Hall–Kier alpha value is -3.96. The maximum absolute atomic E-state index is 5.96. The number of rotatable bonds is 7. The number of anilines is 3. The van der Waals surface area contributed by atoms with Crippen LogP contribution in [0.15, 0.2) is 42.6 Å². The number of hydrogen-bond acceptors (Lipinski definition) is 10. The first kappa shape index (κ1) is 25.3. The molecule has 0 saturated carbocycles. The second-order valence-electron chi connectivity index (χ2n) is 10.0. The summed E-state index contributed by atoms with van der Waals surface area (Å²) in [5, 5.41) is 11.2. The molecule has 2 fully saturated rings. The van der Waals surface area contributed by atoms with Gasteiger partial charge >= 0.3 is 0 Å². The molecule has 2 atom stereocenters. The molecule has 5 heterocycles. The number of aromatic nitrogens is 5. The number of methoxy groups -OCH3 is 1. The highest BCUT2D eigenvalue weighted by molar-refractivity contribution is 5.90. The number of aromatic amines is 1. The van der Waals surface area contributed by atoms with Gasteiger partial charge in [0.25, 0.3) is 0 Å². The van der Waals surface area contributed by atoms with Crippen LogP contribution >= 0.6 is 0 Å². The van der Waals surface area contributed by atoms with Crippen molar-refractivity contribution < 1.29 is 14.2 Å². The summed E-state index contributed by atoms with van der Waals surface area (Å²) in [6.07, 6.45) is 1.92. The maximum Gasteiger partial charge on any atom is 0.229 e. The van der Waals surface area contributed by atoms with Gasteiger partial charge in [-0.25, -0.2) is 4.98 Å². The van der Waals surface area contributed by atoms with Crippen LogP contribution in [0, 0.1) is 0 Å². The van der Waals surface area contributed by atoms with Crippen molar-refractivity contribution in [3.63, 3.8) is 0 Å².